The molecule has 0 radical (unpaired) electrons. The van der Waals surface area contributed by atoms with Crippen molar-refractivity contribution in [1.29, 1.82) is 0 Å². The highest BCUT2D eigenvalue weighted by Gasteiger charge is 2.28. The lowest BCUT2D eigenvalue weighted by Crippen LogP contribution is -2.49. The summed E-state index contributed by atoms with van der Waals surface area (Å²) in [5.41, 5.74) is 0.913. The number of benzene rings is 2. The van der Waals surface area contributed by atoms with Crippen molar-refractivity contribution in [3.05, 3.63) is 68.2 Å². The minimum Gasteiger partial charge on any atom is -0.361 e. The maximum absolute atomic E-state index is 12.6. The monoisotopic (exact) mass is 379 g/mol. The van der Waals surface area contributed by atoms with Crippen molar-refractivity contribution in [3.63, 3.8) is 0 Å². The Morgan fingerprint density at radius 3 is 2.36 bits per heavy atom. The Bertz CT molecular complexity index is 821. The average molecular weight is 380 g/mol. The molecule has 1 saturated heterocycles. The fraction of sp³-hybridized carbons (Fsp3) is 0.235. The number of nitro benzene ring substituents is 1. The summed E-state index contributed by atoms with van der Waals surface area (Å²) in [7, 11) is 0. The van der Waals surface area contributed by atoms with E-state index >= 15 is 0 Å². The van der Waals surface area contributed by atoms with Gasteiger partial charge in [0, 0.05) is 42.8 Å². The SMILES string of the molecule is O=C(c1cccc(Cl)c1)N1CCN(c2c(Cl)cccc2[N+](=O)[O-])CC1. The molecule has 2 aromatic carbocycles. The van der Waals surface area contributed by atoms with Crippen LogP contribution in [0.15, 0.2) is 42.5 Å². The summed E-state index contributed by atoms with van der Waals surface area (Å²) in [6.45, 7) is 1.84. The van der Waals surface area contributed by atoms with Gasteiger partial charge < -0.3 is 9.80 Å². The molecule has 1 amide bonds. The van der Waals surface area contributed by atoms with E-state index in [-0.39, 0.29) is 11.6 Å². The number of piperazine rings is 1. The number of hydrogen-bond acceptors (Lipinski definition) is 4. The zero-order valence-electron chi connectivity index (χ0n) is 13.2. The smallest absolute Gasteiger partial charge is 0.294 e. The maximum atomic E-state index is 12.6. The number of hydrogen-bond donors (Lipinski definition) is 0. The molecule has 2 aromatic rings. The lowest BCUT2D eigenvalue weighted by atomic mass is 10.1. The van der Waals surface area contributed by atoms with E-state index in [1.54, 1.807) is 41.3 Å². The van der Waals surface area contributed by atoms with Crippen LogP contribution in [-0.4, -0.2) is 41.9 Å². The number of nitrogens with zero attached hydrogens (tertiary/aromatic N) is 3. The van der Waals surface area contributed by atoms with E-state index < -0.39 is 4.92 Å². The van der Waals surface area contributed by atoms with Gasteiger partial charge in [-0.2, -0.15) is 0 Å². The van der Waals surface area contributed by atoms with E-state index in [2.05, 4.69) is 0 Å². The molecule has 1 aliphatic heterocycles. The van der Waals surface area contributed by atoms with Gasteiger partial charge in [-0.15, -0.1) is 0 Å². The fourth-order valence-electron chi connectivity index (χ4n) is 2.90. The molecule has 25 heavy (non-hydrogen) atoms. The summed E-state index contributed by atoms with van der Waals surface area (Å²) in [6.07, 6.45) is 0. The number of halogens is 2. The highest BCUT2D eigenvalue weighted by atomic mass is 35.5. The van der Waals surface area contributed by atoms with Gasteiger partial charge in [0.1, 0.15) is 5.69 Å². The predicted octanol–water partition coefficient (Wildman–Crippen LogP) is 3.86. The Kier molecular flexibility index (Phi) is 5.11. The average Bonchev–Trinajstić information content (AvgIpc) is 2.61. The van der Waals surface area contributed by atoms with Gasteiger partial charge in [-0.25, -0.2) is 0 Å². The first kappa shape index (κ1) is 17.5. The van der Waals surface area contributed by atoms with Crippen LogP contribution in [0.1, 0.15) is 10.4 Å². The summed E-state index contributed by atoms with van der Waals surface area (Å²) in [4.78, 5) is 26.9. The largest absolute Gasteiger partial charge is 0.361 e. The second kappa shape index (κ2) is 7.29. The number of para-hydroxylation sites is 1. The topological polar surface area (TPSA) is 66.7 Å². The quantitative estimate of drug-likeness (QED) is 0.599. The standard InChI is InChI=1S/C17H15Cl2N3O3/c18-13-4-1-3-12(11-13)17(23)21-9-7-20(8-10-21)16-14(19)5-2-6-15(16)22(24)25/h1-6,11H,7-10H2. The van der Waals surface area contributed by atoms with Crippen LogP contribution in [0, 0.1) is 10.1 Å². The molecule has 1 fully saturated rings. The lowest BCUT2D eigenvalue weighted by molar-refractivity contribution is -0.384. The van der Waals surface area contributed by atoms with Crippen LogP contribution >= 0.6 is 23.2 Å². The second-order valence-electron chi connectivity index (χ2n) is 5.65. The Morgan fingerprint density at radius 1 is 1.04 bits per heavy atom. The Hall–Kier alpha value is -2.31. The van der Waals surface area contributed by atoms with Crippen LogP contribution < -0.4 is 4.90 Å². The van der Waals surface area contributed by atoms with Crippen LogP contribution in [0.5, 0.6) is 0 Å². The van der Waals surface area contributed by atoms with Crippen LogP contribution in [0.4, 0.5) is 11.4 Å². The van der Waals surface area contributed by atoms with Crippen molar-refractivity contribution in [2.75, 3.05) is 31.1 Å². The molecule has 8 heteroatoms. The van der Waals surface area contributed by atoms with Crippen molar-refractivity contribution < 1.29 is 9.72 Å². The zero-order valence-corrected chi connectivity index (χ0v) is 14.7. The predicted molar refractivity (Wildman–Crippen MR) is 97.7 cm³/mol. The van der Waals surface area contributed by atoms with Crippen molar-refractivity contribution in [3.8, 4) is 0 Å². The molecule has 0 aliphatic carbocycles. The molecule has 0 atom stereocenters. The van der Waals surface area contributed by atoms with E-state index in [9.17, 15) is 14.9 Å². The summed E-state index contributed by atoms with van der Waals surface area (Å²) in [5, 5.41) is 12.1. The maximum Gasteiger partial charge on any atom is 0.294 e. The Labute approximate surface area is 154 Å². The number of carbonyl (C=O) groups is 1. The van der Waals surface area contributed by atoms with E-state index in [4.69, 9.17) is 23.2 Å². The zero-order chi connectivity index (χ0) is 18.0. The number of amides is 1. The molecule has 0 N–H and O–H groups in total. The third-order valence-electron chi connectivity index (χ3n) is 4.12. The first-order chi connectivity index (χ1) is 12.0. The molecule has 130 valence electrons. The normalized spacial score (nSPS) is 14.5. The molecule has 0 saturated carbocycles. The third kappa shape index (κ3) is 3.70. The molecule has 0 spiro atoms. The summed E-state index contributed by atoms with van der Waals surface area (Å²) >= 11 is 12.1. The van der Waals surface area contributed by atoms with Crippen LogP contribution in [0.25, 0.3) is 0 Å². The minimum atomic E-state index is -0.440. The number of nitro groups is 1. The van der Waals surface area contributed by atoms with Crippen molar-refractivity contribution in [2.45, 2.75) is 0 Å². The molecule has 0 bridgehead atoms. The second-order valence-corrected chi connectivity index (χ2v) is 6.50. The van der Waals surface area contributed by atoms with Gasteiger partial charge >= 0.3 is 0 Å². The molecule has 0 unspecified atom stereocenters. The van der Waals surface area contributed by atoms with E-state index in [1.807, 2.05) is 4.90 Å². The van der Waals surface area contributed by atoms with Crippen molar-refractivity contribution >= 4 is 40.5 Å². The summed E-state index contributed by atoms with van der Waals surface area (Å²) in [5.74, 6) is -0.101. The van der Waals surface area contributed by atoms with Gasteiger partial charge in [0.25, 0.3) is 11.6 Å². The first-order valence-electron chi connectivity index (χ1n) is 7.70. The highest BCUT2D eigenvalue weighted by molar-refractivity contribution is 6.33. The van der Waals surface area contributed by atoms with Gasteiger partial charge in [0.05, 0.1) is 9.95 Å². The Balaban J connectivity index is 1.75. The molecular weight excluding hydrogens is 365 g/mol. The van der Waals surface area contributed by atoms with Gasteiger partial charge in [-0.1, -0.05) is 35.3 Å². The fourth-order valence-corrected chi connectivity index (χ4v) is 3.38. The molecule has 1 aliphatic rings. The lowest BCUT2D eigenvalue weighted by Gasteiger charge is -2.36. The minimum absolute atomic E-state index is 0.0258. The molecule has 0 aromatic heterocycles. The number of anilines is 1. The van der Waals surface area contributed by atoms with Crippen LogP contribution in [-0.2, 0) is 0 Å². The molecular formula is C17H15Cl2N3O3. The van der Waals surface area contributed by atoms with Crippen molar-refractivity contribution in [2.24, 2.45) is 0 Å². The Morgan fingerprint density at radius 2 is 1.72 bits per heavy atom. The van der Waals surface area contributed by atoms with Crippen LogP contribution in [0.2, 0.25) is 10.0 Å². The van der Waals surface area contributed by atoms with Crippen LogP contribution in [0.3, 0.4) is 0 Å². The highest BCUT2D eigenvalue weighted by Crippen LogP contribution is 2.35. The van der Waals surface area contributed by atoms with Gasteiger partial charge in [-0.3, -0.25) is 14.9 Å². The molecule has 3 rings (SSSR count). The van der Waals surface area contributed by atoms with Gasteiger partial charge in [0.2, 0.25) is 0 Å². The van der Waals surface area contributed by atoms with Crippen molar-refractivity contribution in [1.82, 2.24) is 4.90 Å². The molecule has 1 heterocycles. The van der Waals surface area contributed by atoms with E-state index in [1.165, 1.54) is 6.07 Å². The van der Waals surface area contributed by atoms with E-state index in [0.717, 1.165) is 0 Å². The first-order valence-corrected chi connectivity index (χ1v) is 8.45. The van der Waals surface area contributed by atoms with Gasteiger partial charge in [-0.05, 0) is 24.3 Å². The van der Waals surface area contributed by atoms with Gasteiger partial charge in [0.15, 0.2) is 0 Å². The molecule has 6 nitrogen and oxygen atoms in total. The summed E-state index contributed by atoms with van der Waals surface area (Å²) in [6, 6.07) is 11.4. The third-order valence-corrected chi connectivity index (χ3v) is 4.66. The number of rotatable bonds is 3. The number of carbonyl (C=O) groups excluding carboxylic acids is 1. The summed E-state index contributed by atoms with van der Waals surface area (Å²) < 4.78 is 0. The van der Waals surface area contributed by atoms with E-state index in [0.29, 0.717) is 47.5 Å².